The molecule has 0 aliphatic carbocycles. The Morgan fingerprint density at radius 3 is 2.42 bits per heavy atom. The summed E-state index contributed by atoms with van der Waals surface area (Å²) in [6.45, 7) is 1.21. The van der Waals surface area contributed by atoms with Crippen molar-refractivity contribution in [2.75, 3.05) is 0 Å². The molecule has 0 saturated carbocycles. The molecule has 24 heavy (non-hydrogen) atoms. The standard InChI is InChI=1S/C17H16F2N2O3/c1-10(22)21-9-13-6-15(18)12(5-16(13)19)3-2-11-4-14(17(23)24)8-20-7-11/h4-8H,2-3,9H2,1H3,(H,21,22)(H,23,24). The second kappa shape index (κ2) is 7.63. The molecule has 5 nitrogen and oxygen atoms in total. The van der Waals surface area contributed by atoms with Crippen LogP contribution >= 0.6 is 0 Å². The third-order valence-corrected chi connectivity index (χ3v) is 3.47. The van der Waals surface area contributed by atoms with Crippen molar-refractivity contribution in [1.82, 2.24) is 10.3 Å². The van der Waals surface area contributed by atoms with Gasteiger partial charge in [0.05, 0.1) is 5.56 Å². The lowest BCUT2D eigenvalue weighted by atomic mass is 10.0. The molecule has 0 fully saturated rings. The first-order chi connectivity index (χ1) is 11.4. The van der Waals surface area contributed by atoms with Crippen LogP contribution in [0.4, 0.5) is 8.78 Å². The van der Waals surface area contributed by atoms with Gasteiger partial charge in [-0.25, -0.2) is 13.6 Å². The van der Waals surface area contributed by atoms with Gasteiger partial charge in [-0.05, 0) is 42.2 Å². The maximum absolute atomic E-state index is 14.1. The van der Waals surface area contributed by atoms with E-state index >= 15 is 0 Å². The number of hydrogen-bond donors (Lipinski definition) is 2. The first-order valence-corrected chi connectivity index (χ1v) is 7.25. The quantitative estimate of drug-likeness (QED) is 0.851. The SMILES string of the molecule is CC(=O)NCc1cc(F)c(CCc2cncc(C(=O)O)c2)cc1F. The molecule has 0 aliphatic rings. The van der Waals surface area contributed by atoms with E-state index in [9.17, 15) is 18.4 Å². The molecule has 0 bridgehead atoms. The second-order valence-corrected chi connectivity index (χ2v) is 5.33. The fourth-order valence-electron chi connectivity index (χ4n) is 2.20. The van der Waals surface area contributed by atoms with Crippen LogP contribution in [0, 0.1) is 11.6 Å². The van der Waals surface area contributed by atoms with Crippen LogP contribution in [0.15, 0.2) is 30.6 Å². The third kappa shape index (κ3) is 4.58. The van der Waals surface area contributed by atoms with Gasteiger partial charge >= 0.3 is 5.97 Å². The number of carbonyl (C=O) groups excluding carboxylic acids is 1. The molecule has 0 spiro atoms. The Labute approximate surface area is 137 Å². The number of carbonyl (C=O) groups is 2. The number of rotatable bonds is 6. The van der Waals surface area contributed by atoms with E-state index in [4.69, 9.17) is 5.11 Å². The number of aryl methyl sites for hydroxylation is 2. The first kappa shape index (κ1) is 17.5. The van der Waals surface area contributed by atoms with Crippen LogP contribution in [0.5, 0.6) is 0 Å². The van der Waals surface area contributed by atoms with Gasteiger partial charge in [0.15, 0.2) is 0 Å². The Bertz CT molecular complexity index is 778. The summed E-state index contributed by atoms with van der Waals surface area (Å²) >= 11 is 0. The zero-order valence-corrected chi connectivity index (χ0v) is 13.0. The van der Waals surface area contributed by atoms with E-state index in [1.54, 1.807) is 0 Å². The van der Waals surface area contributed by atoms with Gasteiger partial charge in [0, 0.05) is 31.4 Å². The van der Waals surface area contributed by atoms with Crippen LogP contribution in [-0.4, -0.2) is 22.0 Å². The summed E-state index contributed by atoms with van der Waals surface area (Å²) in [6.07, 6.45) is 3.25. The van der Waals surface area contributed by atoms with E-state index < -0.39 is 17.6 Å². The predicted molar refractivity (Wildman–Crippen MR) is 82.5 cm³/mol. The molecule has 0 saturated heterocycles. The van der Waals surface area contributed by atoms with Crippen LogP contribution in [0.2, 0.25) is 0 Å². The molecule has 7 heteroatoms. The van der Waals surface area contributed by atoms with Crippen molar-refractivity contribution in [3.63, 3.8) is 0 Å². The number of carboxylic acid groups (broad SMARTS) is 1. The smallest absolute Gasteiger partial charge is 0.337 e. The molecular formula is C17H16F2N2O3. The number of hydrogen-bond acceptors (Lipinski definition) is 3. The number of aromatic nitrogens is 1. The molecule has 2 aromatic rings. The molecule has 1 heterocycles. The average molecular weight is 334 g/mol. The molecule has 2 rings (SSSR count). The van der Waals surface area contributed by atoms with E-state index in [0.29, 0.717) is 12.0 Å². The van der Waals surface area contributed by atoms with E-state index in [1.165, 1.54) is 25.4 Å². The van der Waals surface area contributed by atoms with Gasteiger partial charge in [-0.2, -0.15) is 0 Å². The van der Waals surface area contributed by atoms with Gasteiger partial charge in [0.2, 0.25) is 5.91 Å². The van der Waals surface area contributed by atoms with Crippen LogP contribution < -0.4 is 5.32 Å². The summed E-state index contributed by atoms with van der Waals surface area (Å²) in [7, 11) is 0. The number of nitrogens with zero attached hydrogens (tertiary/aromatic N) is 1. The summed E-state index contributed by atoms with van der Waals surface area (Å²) in [5.41, 5.74) is 0.919. The topological polar surface area (TPSA) is 79.3 Å². The third-order valence-electron chi connectivity index (χ3n) is 3.47. The van der Waals surface area contributed by atoms with Crippen molar-refractivity contribution < 1.29 is 23.5 Å². The summed E-state index contributed by atoms with van der Waals surface area (Å²) in [4.78, 5) is 25.6. The Morgan fingerprint density at radius 2 is 1.75 bits per heavy atom. The van der Waals surface area contributed by atoms with Gasteiger partial charge in [0.1, 0.15) is 11.6 Å². The van der Waals surface area contributed by atoms with Gasteiger partial charge in [-0.15, -0.1) is 0 Å². The molecule has 126 valence electrons. The number of nitrogens with one attached hydrogen (secondary N) is 1. The van der Waals surface area contributed by atoms with Crippen molar-refractivity contribution >= 4 is 11.9 Å². The van der Waals surface area contributed by atoms with E-state index in [-0.39, 0.29) is 35.6 Å². The molecule has 2 N–H and O–H groups in total. The fraction of sp³-hybridized carbons (Fsp3) is 0.235. The van der Waals surface area contributed by atoms with Crippen LogP contribution in [0.3, 0.4) is 0 Å². The number of pyridine rings is 1. The number of benzene rings is 1. The maximum Gasteiger partial charge on any atom is 0.337 e. The summed E-state index contributed by atoms with van der Waals surface area (Å²) in [6, 6.07) is 3.61. The lowest BCUT2D eigenvalue weighted by Crippen LogP contribution is -2.20. The number of halogens is 2. The number of amides is 1. The van der Waals surface area contributed by atoms with Crippen molar-refractivity contribution in [2.45, 2.75) is 26.3 Å². The van der Waals surface area contributed by atoms with E-state index in [0.717, 1.165) is 12.1 Å². The summed E-state index contributed by atoms with van der Waals surface area (Å²) in [5.74, 6) is -2.59. The Morgan fingerprint density at radius 1 is 1.08 bits per heavy atom. The monoisotopic (exact) mass is 334 g/mol. The largest absolute Gasteiger partial charge is 0.478 e. The highest BCUT2D eigenvalue weighted by Gasteiger charge is 2.11. The minimum Gasteiger partial charge on any atom is -0.478 e. The molecule has 0 aliphatic heterocycles. The zero-order valence-electron chi connectivity index (χ0n) is 13.0. The molecule has 0 atom stereocenters. The molecule has 1 amide bonds. The normalized spacial score (nSPS) is 10.5. The Hall–Kier alpha value is -2.83. The predicted octanol–water partition coefficient (Wildman–Crippen LogP) is 2.48. The molecular weight excluding hydrogens is 318 g/mol. The molecule has 1 aromatic carbocycles. The molecule has 0 radical (unpaired) electrons. The Balaban J connectivity index is 2.10. The van der Waals surface area contributed by atoms with Crippen molar-refractivity contribution in [2.24, 2.45) is 0 Å². The lowest BCUT2D eigenvalue weighted by molar-refractivity contribution is -0.119. The highest BCUT2D eigenvalue weighted by Crippen LogP contribution is 2.17. The van der Waals surface area contributed by atoms with Crippen molar-refractivity contribution in [3.05, 3.63) is 64.5 Å². The summed E-state index contributed by atoms with van der Waals surface area (Å²) in [5, 5.41) is 11.3. The van der Waals surface area contributed by atoms with Gasteiger partial charge in [-0.1, -0.05) is 0 Å². The maximum atomic E-state index is 14.1. The highest BCUT2D eigenvalue weighted by atomic mass is 19.1. The second-order valence-electron chi connectivity index (χ2n) is 5.33. The van der Waals surface area contributed by atoms with Crippen molar-refractivity contribution in [3.8, 4) is 0 Å². The lowest BCUT2D eigenvalue weighted by Gasteiger charge is -2.09. The van der Waals surface area contributed by atoms with E-state index in [1.807, 2.05) is 0 Å². The van der Waals surface area contributed by atoms with Crippen LogP contribution in [0.1, 0.15) is 34.0 Å². The minimum atomic E-state index is -1.09. The molecule has 0 unspecified atom stereocenters. The van der Waals surface area contributed by atoms with Crippen molar-refractivity contribution in [1.29, 1.82) is 0 Å². The van der Waals surface area contributed by atoms with Gasteiger partial charge in [0.25, 0.3) is 0 Å². The van der Waals surface area contributed by atoms with Crippen LogP contribution in [-0.2, 0) is 24.2 Å². The van der Waals surface area contributed by atoms with Gasteiger partial charge in [-0.3, -0.25) is 9.78 Å². The summed E-state index contributed by atoms with van der Waals surface area (Å²) < 4.78 is 28.0. The zero-order chi connectivity index (χ0) is 17.7. The first-order valence-electron chi connectivity index (χ1n) is 7.25. The minimum absolute atomic E-state index is 0.0461. The van der Waals surface area contributed by atoms with Gasteiger partial charge < -0.3 is 10.4 Å². The van der Waals surface area contributed by atoms with Crippen LogP contribution in [0.25, 0.3) is 0 Å². The average Bonchev–Trinajstić information content (AvgIpc) is 2.54. The number of aromatic carboxylic acids is 1. The van der Waals surface area contributed by atoms with E-state index in [2.05, 4.69) is 10.3 Å². The number of carboxylic acids is 1. The fourth-order valence-corrected chi connectivity index (χ4v) is 2.20. The highest BCUT2D eigenvalue weighted by molar-refractivity contribution is 5.87. The Kier molecular flexibility index (Phi) is 5.57. The molecule has 1 aromatic heterocycles.